The molecule has 0 aliphatic rings. The number of nitrogens with zero attached hydrogens (tertiary/aromatic N) is 4. The summed E-state index contributed by atoms with van der Waals surface area (Å²) in [6, 6.07) is 38.1. The molecule has 4 heteroatoms. The van der Waals surface area contributed by atoms with E-state index in [0.717, 1.165) is 11.4 Å². The monoisotopic (exact) mass is 468 g/mol. The van der Waals surface area contributed by atoms with E-state index in [9.17, 15) is 0 Å². The summed E-state index contributed by atoms with van der Waals surface area (Å²) < 4.78 is 9.23. The summed E-state index contributed by atoms with van der Waals surface area (Å²) in [4.78, 5) is 0. The summed E-state index contributed by atoms with van der Waals surface area (Å²) in [5.74, 6) is 9.25. The Hall–Kier alpha value is -4.62. The SMILES string of the molecule is Cc1n(-c2ccccc2)c2ccccc2[n+]1CC#CC[n+]1c(C)n(-c2ccccc2)c2ccccc21. The second-order valence-corrected chi connectivity index (χ2v) is 8.94. The molecule has 0 saturated heterocycles. The van der Waals surface area contributed by atoms with Crippen molar-refractivity contribution in [1.82, 2.24) is 9.13 Å². The lowest BCUT2D eigenvalue weighted by atomic mass is 10.3. The number of fused-ring (bicyclic) bond motifs is 2. The van der Waals surface area contributed by atoms with Crippen LogP contribution in [-0.2, 0) is 13.1 Å². The molecule has 174 valence electrons. The molecule has 0 N–H and O–H groups in total. The molecule has 0 amide bonds. The van der Waals surface area contributed by atoms with E-state index in [4.69, 9.17) is 0 Å². The van der Waals surface area contributed by atoms with E-state index in [1.54, 1.807) is 0 Å². The van der Waals surface area contributed by atoms with Crippen LogP contribution in [0.5, 0.6) is 0 Å². The summed E-state index contributed by atoms with van der Waals surface area (Å²) in [6.07, 6.45) is 0. The number of imidazole rings is 2. The third kappa shape index (κ3) is 3.66. The zero-order valence-electron chi connectivity index (χ0n) is 20.6. The Morgan fingerprint density at radius 3 is 1.28 bits per heavy atom. The van der Waals surface area contributed by atoms with Crippen molar-refractivity contribution >= 4 is 22.1 Å². The van der Waals surface area contributed by atoms with Gasteiger partial charge in [0.15, 0.2) is 35.2 Å². The van der Waals surface area contributed by atoms with E-state index in [-0.39, 0.29) is 0 Å². The van der Waals surface area contributed by atoms with Crippen molar-refractivity contribution in [1.29, 1.82) is 0 Å². The van der Waals surface area contributed by atoms with Gasteiger partial charge in [0.25, 0.3) is 11.6 Å². The molecule has 0 atom stereocenters. The molecule has 0 aliphatic carbocycles. The Labute approximate surface area is 211 Å². The minimum Gasteiger partial charge on any atom is -0.216 e. The molecular formula is C32H28N4+2. The molecule has 6 rings (SSSR count). The van der Waals surface area contributed by atoms with Gasteiger partial charge in [-0.2, -0.15) is 9.13 Å². The molecule has 6 aromatic rings. The fourth-order valence-corrected chi connectivity index (χ4v) is 5.18. The molecule has 0 unspecified atom stereocenters. The Kier molecular flexibility index (Phi) is 5.59. The minimum atomic E-state index is 0.642. The molecule has 36 heavy (non-hydrogen) atoms. The highest BCUT2D eigenvalue weighted by Gasteiger charge is 2.23. The average Bonchev–Trinajstić information content (AvgIpc) is 3.37. The van der Waals surface area contributed by atoms with Crippen LogP contribution in [0.25, 0.3) is 33.4 Å². The van der Waals surface area contributed by atoms with Crippen LogP contribution in [-0.4, -0.2) is 9.13 Å². The van der Waals surface area contributed by atoms with E-state index < -0.39 is 0 Å². The van der Waals surface area contributed by atoms with E-state index in [2.05, 4.69) is 153 Å². The number of rotatable bonds is 4. The lowest BCUT2D eigenvalue weighted by Crippen LogP contribution is -2.37. The van der Waals surface area contributed by atoms with Crippen LogP contribution in [0.3, 0.4) is 0 Å². The standard InChI is InChI=1S/C32H28N4/c1-25-33(29-19-9-11-21-31(29)35(25)27-15-5-3-6-16-27)23-13-14-24-34-26(2)36(28-17-7-4-8-18-28)32-22-12-10-20-30(32)34/h3-12,15-22H,23-24H2,1-2H3/q+2. The van der Waals surface area contributed by atoms with Crippen LogP contribution >= 0.6 is 0 Å². The number of para-hydroxylation sites is 6. The molecule has 0 radical (unpaired) electrons. The van der Waals surface area contributed by atoms with Gasteiger partial charge in [-0.1, -0.05) is 72.5 Å². The topological polar surface area (TPSA) is 17.6 Å². The number of hydrogen-bond donors (Lipinski definition) is 0. The maximum absolute atomic E-state index is 3.46. The van der Waals surface area contributed by atoms with Crippen LogP contribution in [0, 0.1) is 25.7 Å². The van der Waals surface area contributed by atoms with Gasteiger partial charge in [0.1, 0.15) is 11.4 Å². The number of aromatic nitrogens is 4. The smallest absolute Gasteiger partial charge is 0.216 e. The first kappa shape index (κ1) is 21.9. The maximum Gasteiger partial charge on any atom is 0.260 e. The van der Waals surface area contributed by atoms with E-state index in [1.165, 1.54) is 33.7 Å². The third-order valence-corrected chi connectivity index (χ3v) is 6.88. The Morgan fingerprint density at radius 1 is 0.500 bits per heavy atom. The van der Waals surface area contributed by atoms with Crippen LogP contribution < -0.4 is 9.13 Å². The molecule has 4 nitrogen and oxygen atoms in total. The first-order chi connectivity index (χ1) is 17.7. The molecule has 0 aliphatic heterocycles. The predicted molar refractivity (Wildman–Crippen MR) is 144 cm³/mol. The van der Waals surface area contributed by atoms with E-state index >= 15 is 0 Å². The van der Waals surface area contributed by atoms with Crippen molar-refractivity contribution in [2.24, 2.45) is 0 Å². The molecular weight excluding hydrogens is 440 g/mol. The highest BCUT2D eigenvalue weighted by atomic mass is 15.2. The lowest BCUT2D eigenvalue weighted by molar-refractivity contribution is -0.668. The van der Waals surface area contributed by atoms with Crippen molar-refractivity contribution in [2.45, 2.75) is 26.9 Å². The summed E-state index contributed by atoms with van der Waals surface area (Å²) >= 11 is 0. The zero-order chi connectivity index (χ0) is 24.5. The second-order valence-electron chi connectivity index (χ2n) is 8.94. The zero-order valence-corrected chi connectivity index (χ0v) is 20.6. The molecule has 0 fully saturated rings. The summed E-state index contributed by atoms with van der Waals surface area (Å²) in [5.41, 5.74) is 7.10. The van der Waals surface area contributed by atoms with Crippen LogP contribution in [0.15, 0.2) is 109 Å². The third-order valence-electron chi connectivity index (χ3n) is 6.88. The summed E-state index contributed by atoms with van der Waals surface area (Å²) in [5, 5.41) is 0. The molecule has 0 bridgehead atoms. The second kappa shape index (κ2) is 9.20. The molecule has 0 saturated carbocycles. The van der Waals surface area contributed by atoms with Crippen LogP contribution in [0.1, 0.15) is 11.6 Å². The molecule has 2 heterocycles. The predicted octanol–water partition coefficient (Wildman–Crippen LogP) is 5.47. The molecule has 0 spiro atoms. The van der Waals surface area contributed by atoms with Gasteiger partial charge in [-0.25, -0.2) is 9.13 Å². The average molecular weight is 469 g/mol. The van der Waals surface area contributed by atoms with Gasteiger partial charge in [0.2, 0.25) is 0 Å². The lowest BCUT2D eigenvalue weighted by Gasteiger charge is -1.99. The van der Waals surface area contributed by atoms with Gasteiger partial charge < -0.3 is 0 Å². The maximum atomic E-state index is 3.46. The highest BCUT2D eigenvalue weighted by molar-refractivity contribution is 5.75. The van der Waals surface area contributed by atoms with Crippen LogP contribution in [0.2, 0.25) is 0 Å². The van der Waals surface area contributed by atoms with E-state index in [1.807, 2.05) is 0 Å². The Morgan fingerprint density at radius 2 is 0.861 bits per heavy atom. The van der Waals surface area contributed by atoms with Crippen molar-refractivity contribution in [3.8, 4) is 23.2 Å². The molecule has 2 aromatic heterocycles. The van der Waals surface area contributed by atoms with E-state index in [0.29, 0.717) is 13.1 Å². The van der Waals surface area contributed by atoms with Gasteiger partial charge in [-0.05, 0) is 48.5 Å². The van der Waals surface area contributed by atoms with Crippen molar-refractivity contribution in [2.75, 3.05) is 0 Å². The van der Waals surface area contributed by atoms with Crippen molar-refractivity contribution in [3.63, 3.8) is 0 Å². The fraction of sp³-hybridized carbons (Fsp3) is 0.125. The normalized spacial score (nSPS) is 11.1. The minimum absolute atomic E-state index is 0.642. The number of benzene rings is 4. The summed E-state index contributed by atoms with van der Waals surface area (Å²) in [6.45, 7) is 5.62. The quantitative estimate of drug-likeness (QED) is 0.241. The van der Waals surface area contributed by atoms with Gasteiger partial charge in [0.05, 0.1) is 0 Å². The van der Waals surface area contributed by atoms with Crippen molar-refractivity contribution in [3.05, 3.63) is 121 Å². The van der Waals surface area contributed by atoms with Crippen molar-refractivity contribution < 1.29 is 9.13 Å². The summed E-state index contributed by atoms with van der Waals surface area (Å²) in [7, 11) is 0. The van der Waals surface area contributed by atoms with Crippen LogP contribution in [0.4, 0.5) is 0 Å². The molecule has 4 aromatic carbocycles. The van der Waals surface area contributed by atoms with Gasteiger partial charge >= 0.3 is 0 Å². The Bertz CT molecular complexity index is 1620. The fourth-order valence-electron chi connectivity index (χ4n) is 5.18. The van der Waals surface area contributed by atoms with Gasteiger partial charge in [0, 0.05) is 13.8 Å². The largest absolute Gasteiger partial charge is 0.260 e. The van der Waals surface area contributed by atoms with Gasteiger partial charge in [-0.15, -0.1) is 0 Å². The first-order valence-electron chi connectivity index (χ1n) is 12.3. The number of hydrogen-bond acceptors (Lipinski definition) is 0. The Balaban J connectivity index is 1.36. The van der Waals surface area contributed by atoms with Gasteiger partial charge in [-0.3, -0.25) is 0 Å². The highest BCUT2D eigenvalue weighted by Crippen LogP contribution is 2.21. The first-order valence-corrected chi connectivity index (χ1v) is 12.3.